The highest BCUT2D eigenvalue weighted by molar-refractivity contribution is 5.92. The second-order valence-electron chi connectivity index (χ2n) is 7.04. The van der Waals surface area contributed by atoms with Gasteiger partial charge in [-0.15, -0.1) is 0 Å². The minimum atomic E-state index is -0.507. The van der Waals surface area contributed by atoms with Crippen LogP contribution in [-0.4, -0.2) is 46.3 Å². The lowest BCUT2D eigenvalue weighted by Gasteiger charge is -2.38. The van der Waals surface area contributed by atoms with Crippen LogP contribution in [0.5, 0.6) is 0 Å². The molecule has 2 amide bonds. The molecule has 0 aromatic carbocycles. The van der Waals surface area contributed by atoms with Gasteiger partial charge < -0.3 is 19.5 Å². The summed E-state index contributed by atoms with van der Waals surface area (Å²) in [4.78, 5) is 26.0. The molecule has 2 heterocycles. The van der Waals surface area contributed by atoms with E-state index in [4.69, 9.17) is 9.26 Å². The first-order chi connectivity index (χ1) is 10.7. The van der Waals surface area contributed by atoms with Gasteiger partial charge in [0.05, 0.1) is 0 Å². The number of amides is 2. The van der Waals surface area contributed by atoms with Crippen LogP contribution in [0.3, 0.4) is 0 Å². The van der Waals surface area contributed by atoms with Crippen LogP contribution in [0.1, 0.15) is 56.8 Å². The molecule has 0 spiro atoms. The van der Waals surface area contributed by atoms with Crippen molar-refractivity contribution in [3.05, 3.63) is 17.5 Å². The lowest BCUT2D eigenvalue weighted by Crippen LogP contribution is -2.52. The van der Waals surface area contributed by atoms with Gasteiger partial charge in [-0.05, 0) is 47.5 Å². The van der Waals surface area contributed by atoms with E-state index in [2.05, 4.69) is 10.5 Å². The summed E-state index contributed by atoms with van der Waals surface area (Å²) in [5.41, 5.74) is -0.225. The van der Waals surface area contributed by atoms with Crippen LogP contribution in [-0.2, 0) is 4.74 Å². The summed E-state index contributed by atoms with van der Waals surface area (Å²) < 4.78 is 10.3. The van der Waals surface area contributed by atoms with Crippen molar-refractivity contribution >= 4 is 12.0 Å². The average molecular weight is 323 g/mol. The summed E-state index contributed by atoms with van der Waals surface area (Å²) in [6.07, 6.45) is 1.07. The summed E-state index contributed by atoms with van der Waals surface area (Å²) in [5.74, 6) is 0.355. The van der Waals surface area contributed by atoms with Gasteiger partial charge in [0, 0.05) is 24.7 Å². The zero-order chi connectivity index (χ0) is 17.2. The fraction of sp³-hybridized carbons (Fsp3) is 0.688. The quantitative estimate of drug-likeness (QED) is 0.904. The Kier molecular flexibility index (Phi) is 4.97. The minimum absolute atomic E-state index is 0.00273. The van der Waals surface area contributed by atoms with Crippen molar-refractivity contribution in [2.45, 2.75) is 65.1 Å². The first-order valence-corrected chi connectivity index (χ1v) is 7.89. The van der Waals surface area contributed by atoms with Crippen LogP contribution < -0.4 is 5.32 Å². The first-order valence-electron chi connectivity index (χ1n) is 7.89. The molecular formula is C16H25N3O4. The number of carbonyl (C=O) groups is 2. The number of ether oxygens (including phenoxy) is 1. The van der Waals surface area contributed by atoms with Gasteiger partial charge in [-0.1, -0.05) is 5.16 Å². The van der Waals surface area contributed by atoms with E-state index in [1.165, 1.54) is 0 Å². The van der Waals surface area contributed by atoms with Crippen molar-refractivity contribution < 1.29 is 18.8 Å². The summed E-state index contributed by atoms with van der Waals surface area (Å²) in [5, 5.41) is 6.66. The van der Waals surface area contributed by atoms with Crippen molar-refractivity contribution in [3.8, 4) is 0 Å². The second-order valence-corrected chi connectivity index (χ2v) is 7.04. The Balaban J connectivity index is 1.88. The standard InChI is InChI=1S/C16H25N3O4/c1-10-8-12(17-14(20)13-9-11(2)23-18-13)6-7-19(10)15(21)22-16(3,4)5/h9-10,12H,6-8H2,1-5H3,(H,17,20)/t10-,12-/m1/s1. The highest BCUT2D eigenvalue weighted by Crippen LogP contribution is 2.21. The summed E-state index contributed by atoms with van der Waals surface area (Å²) >= 11 is 0. The van der Waals surface area contributed by atoms with Crippen LogP contribution >= 0.6 is 0 Å². The number of nitrogens with one attached hydrogen (secondary N) is 1. The largest absolute Gasteiger partial charge is 0.444 e. The van der Waals surface area contributed by atoms with Crippen LogP contribution in [0.25, 0.3) is 0 Å². The highest BCUT2D eigenvalue weighted by Gasteiger charge is 2.32. The van der Waals surface area contributed by atoms with E-state index in [1.54, 1.807) is 17.9 Å². The molecule has 0 aliphatic carbocycles. The number of likely N-dealkylation sites (tertiary alicyclic amines) is 1. The van der Waals surface area contributed by atoms with Gasteiger partial charge in [0.1, 0.15) is 11.4 Å². The third-order valence-corrected chi connectivity index (χ3v) is 3.70. The van der Waals surface area contributed by atoms with E-state index in [9.17, 15) is 9.59 Å². The van der Waals surface area contributed by atoms with Crippen LogP contribution in [0.4, 0.5) is 4.79 Å². The van der Waals surface area contributed by atoms with E-state index in [-0.39, 0.29) is 29.8 Å². The van der Waals surface area contributed by atoms with E-state index in [1.807, 2.05) is 27.7 Å². The molecule has 0 radical (unpaired) electrons. The summed E-state index contributed by atoms with van der Waals surface area (Å²) in [6, 6.07) is 1.62. The molecule has 128 valence electrons. The molecule has 1 aliphatic heterocycles. The molecule has 1 fully saturated rings. The Morgan fingerprint density at radius 2 is 2.13 bits per heavy atom. The number of carbonyl (C=O) groups excluding carboxylic acids is 2. The normalized spacial score (nSPS) is 21.9. The number of piperidine rings is 1. The van der Waals surface area contributed by atoms with Gasteiger partial charge in [0.15, 0.2) is 5.69 Å². The van der Waals surface area contributed by atoms with Crippen molar-refractivity contribution in [2.75, 3.05) is 6.54 Å². The second kappa shape index (κ2) is 6.60. The Morgan fingerprint density at radius 3 is 2.65 bits per heavy atom. The van der Waals surface area contributed by atoms with Crippen LogP contribution in [0.15, 0.2) is 10.6 Å². The molecule has 2 atom stereocenters. The number of hydrogen-bond donors (Lipinski definition) is 1. The molecule has 1 aromatic rings. The molecule has 1 N–H and O–H groups in total. The zero-order valence-corrected chi connectivity index (χ0v) is 14.4. The molecule has 7 nitrogen and oxygen atoms in total. The number of rotatable bonds is 2. The fourth-order valence-corrected chi connectivity index (χ4v) is 2.63. The van der Waals surface area contributed by atoms with Gasteiger partial charge in [0.2, 0.25) is 0 Å². The number of nitrogens with zero attached hydrogens (tertiary/aromatic N) is 2. The molecular weight excluding hydrogens is 298 g/mol. The van der Waals surface area contributed by atoms with E-state index >= 15 is 0 Å². The van der Waals surface area contributed by atoms with Gasteiger partial charge in [0.25, 0.3) is 5.91 Å². The summed E-state index contributed by atoms with van der Waals surface area (Å²) in [6.45, 7) is 9.81. The maximum atomic E-state index is 12.2. The van der Waals surface area contributed by atoms with Crippen molar-refractivity contribution in [1.29, 1.82) is 0 Å². The predicted octanol–water partition coefficient (Wildman–Crippen LogP) is 2.50. The predicted molar refractivity (Wildman–Crippen MR) is 84.1 cm³/mol. The van der Waals surface area contributed by atoms with Crippen molar-refractivity contribution in [2.24, 2.45) is 0 Å². The monoisotopic (exact) mass is 323 g/mol. The SMILES string of the molecule is Cc1cc(C(=O)N[C@@H]2CCN(C(=O)OC(C)(C)C)[C@H](C)C2)no1. The fourth-order valence-electron chi connectivity index (χ4n) is 2.63. The maximum Gasteiger partial charge on any atom is 0.410 e. The van der Waals surface area contributed by atoms with Gasteiger partial charge in [-0.25, -0.2) is 4.79 Å². The summed E-state index contributed by atoms with van der Waals surface area (Å²) in [7, 11) is 0. The Labute approximate surface area is 136 Å². The molecule has 0 unspecified atom stereocenters. The molecule has 0 bridgehead atoms. The van der Waals surface area contributed by atoms with Gasteiger partial charge in [-0.3, -0.25) is 4.79 Å². The molecule has 23 heavy (non-hydrogen) atoms. The first kappa shape index (κ1) is 17.3. The Bertz CT molecular complexity index is 576. The van der Waals surface area contributed by atoms with Gasteiger partial charge in [-0.2, -0.15) is 0 Å². The Morgan fingerprint density at radius 1 is 1.43 bits per heavy atom. The smallest absolute Gasteiger partial charge is 0.410 e. The zero-order valence-electron chi connectivity index (χ0n) is 14.4. The average Bonchev–Trinajstić information content (AvgIpc) is 2.83. The molecule has 1 saturated heterocycles. The maximum absolute atomic E-state index is 12.2. The van der Waals surface area contributed by atoms with Gasteiger partial charge >= 0.3 is 6.09 Å². The van der Waals surface area contributed by atoms with E-state index in [0.717, 1.165) is 0 Å². The van der Waals surface area contributed by atoms with Crippen molar-refractivity contribution in [1.82, 2.24) is 15.4 Å². The number of hydrogen-bond acceptors (Lipinski definition) is 5. The van der Waals surface area contributed by atoms with E-state index < -0.39 is 5.60 Å². The molecule has 0 saturated carbocycles. The topological polar surface area (TPSA) is 84.7 Å². The van der Waals surface area contributed by atoms with Crippen LogP contribution in [0, 0.1) is 6.92 Å². The third-order valence-electron chi connectivity index (χ3n) is 3.70. The molecule has 1 aromatic heterocycles. The lowest BCUT2D eigenvalue weighted by molar-refractivity contribution is 0.00959. The third kappa shape index (κ3) is 4.71. The van der Waals surface area contributed by atoms with Crippen LogP contribution in [0.2, 0.25) is 0 Å². The van der Waals surface area contributed by atoms with Crippen molar-refractivity contribution in [3.63, 3.8) is 0 Å². The lowest BCUT2D eigenvalue weighted by atomic mass is 9.98. The number of aromatic nitrogens is 1. The molecule has 7 heteroatoms. The molecule has 2 rings (SSSR count). The number of aryl methyl sites for hydroxylation is 1. The molecule has 1 aliphatic rings. The Hall–Kier alpha value is -2.05. The highest BCUT2D eigenvalue weighted by atomic mass is 16.6. The minimum Gasteiger partial charge on any atom is -0.444 e. The van der Waals surface area contributed by atoms with E-state index in [0.29, 0.717) is 25.1 Å².